The van der Waals surface area contributed by atoms with E-state index >= 15 is 0 Å². The summed E-state index contributed by atoms with van der Waals surface area (Å²) in [6, 6.07) is 12.8. The van der Waals surface area contributed by atoms with Crippen molar-refractivity contribution in [1.29, 1.82) is 0 Å². The number of ether oxygens (including phenoxy) is 1. The number of nitrogens with zero attached hydrogens (tertiary/aromatic N) is 3. The molecule has 0 N–H and O–H groups in total. The van der Waals surface area contributed by atoms with Gasteiger partial charge >= 0.3 is 0 Å². The van der Waals surface area contributed by atoms with Crippen molar-refractivity contribution in [1.82, 2.24) is 9.88 Å². The van der Waals surface area contributed by atoms with Gasteiger partial charge in [-0.2, -0.15) is 0 Å². The van der Waals surface area contributed by atoms with Crippen LogP contribution in [0.3, 0.4) is 0 Å². The van der Waals surface area contributed by atoms with E-state index in [1.165, 1.54) is 34.4 Å². The van der Waals surface area contributed by atoms with Crippen molar-refractivity contribution in [2.24, 2.45) is 0 Å². The number of sulfone groups is 1. The molecule has 0 radical (unpaired) electrons. The molecular formula is C23H26ClFN3O4S2-. The number of para-hydroxylation sites is 1. The van der Waals surface area contributed by atoms with Gasteiger partial charge in [0.1, 0.15) is 11.3 Å². The van der Waals surface area contributed by atoms with Crippen LogP contribution in [0.25, 0.3) is 10.2 Å². The molecule has 184 valence electrons. The normalized spacial score (nSPS) is 14.6. The SMILES string of the molecule is O=C(CCS(=O)(=O)c1ccccc1)N(CCCN1CCOCC1)c1nc2c(F)cccc2s1.[Cl-]. The van der Waals surface area contributed by atoms with Gasteiger partial charge in [0.25, 0.3) is 0 Å². The summed E-state index contributed by atoms with van der Waals surface area (Å²) < 4.78 is 45.5. The van der Waals surface area contributed by atoms with E-state index in [0.29, 0.717) is 36.0 Å². The fraction of sp³-hybridized carbons (Fsp3) is 0.391. The summed E-state index contributed by atoms with van der Waals surface area (Å²) in [6.07, 6.45) is 0.517. The predicted octanol–water partition coefficient (Wildman–Crippen LogP) is 0.359. The number of benzene rings is 2. The number of amides is 1. The van der Waals surface area contributed by atoms with Gasteiger partial charge in [-0.3, -0.25) is 14.6 Å². The molecule has 3 aromatic rings. The third-order valence-electron chi connectivity index (χ3n) is 5.54. The molecule has 1 fully saturated rings. The highest BCUT2D eigenvalue weighted by Crippen LogP contribution is 2.31. The second-order valence-corrected chi connectivity index (χ2v) is 10.9. The van der Waals surface area contributed by atoms with E-state index in [9.17, 15) is 17.6 Å². The smallest absolute Gasteiger partial charge is 0.229 e. The van der Waals surface area contributed by atoms with Crippen molar-refractivity contribution >= 4 is 42.4 Å². The molecular weight excluding hydrogens is 501 g/mol. The highest BCUT2D eigenvalue weighted by molar-refractivity contribution is 7.91. The third-order valence-corrected chi connectivity index (χ3v) is 8.31. The molecule has 11 heteroatoms. The Morgan fingerprint density at radius 2 is 1.85 bits per heavy atom. The largest absolute Gasteiger partial charge is 1.00 e. The number of thiazole rings is 1. The number of hydrogen-bond acceptors (Lipinski definition) is 7. The van der Waals surface area contributed by atoms with Crippen LogP contribution < -0.4 is 17.3 Å². The standard InChI is InChI=1S/C23H26FN3O4S2.ClH/c24-19-8-4-9-20-22(19)25-23(32-20)27(12-5-11-26-13-15-31-16-14-26)21(28)10-17-33(29,30)18-6-2-1-3-7-18;/h1-4,6-9H,5,10-17H2;1H/p-1. The molecule has 0 aliphatic carbocycles. The van der Waals surface area contributed by atoms with Crippen molar-refractivity contribution in [3.63, 3.8) is 0 Å². The lowest BCUT2D eigenvalue weighted by molar-refractivity contribution is -0.118. The lowest BCUT2D eigenvalue weighted by Gasteiger charge is -2.27. The monoisotopic (exact) mass is 526 g/mol. The molecule has 2 heterocycles. The first-order valence-corrected chi connectivity index (χ1v) is 13.3. The number of hydrogen-bond donors (Lipinski definition) is 0. The van der Waals surface area contributed by atoms with Gasteiger partial charge in [0, 0.05) is 32.6 Å². The van der Waals surface area contributed by atoms with Crippen molar-refractivity contribution < 1.29 is 34.7 Å². The molecule has 34 heavy (non-hydrogen) atoms. The van der Waals surface area contributed by atoms with E-state index in [-0.39, 0.29) is 40.9 Å². The van der Waals surface area contributed by atoms with Crippen molar-refractivity contribution in [3.8, 4) is 0 Å². The van der Waals surface area contributed by atoms with Gasteiger partial charge in [-0.1, -0.05) is 35.6 Å². The Kier molecular flexibility index (Phi) is 9.38. The maximum absolute atomic E-state index is 14.2. The number of carbonyl (C=O) groups excluding carboxylic acids is 1. The van der Waals surface area contributed by atoms with E-state index in [4.69, 9.17) is 4.74 Å². The number of halogens is 2. The maximum atomic E-state index is 14.2. The summed E-state index contributed by atoms with van der Waals surface area (Å²) in [6.45, 7) is 4.23. The van der Waals surface area contributed by atoms with Crippen LogP contribution in [0.4, 0.5) is 9.52 Å². The Labute approximate surface area is 208 Å². The van der Waals surface area contributed by atoms with Gasteiger partial charge in [-0.25, -0.2) is 17.8 Å². The lowest BCUT2D eigenvalue weighted by atomic mass is 10.3. The van der Waals surface area contributed by atoms with Crippen molar-refractivity contribution in [2.75, 3.05) is 50.0 Å². The van der Waals surface area contributed by atoms with Crippen LogP contribution in [-0.4, -0.2) is 69.4 Å². The van der Waals surface area contributed by atoms with Crippen LogP contribution in [0.1, 0.15) is 12.8 Å². The Balaban J connectivity index is 0.00000324. The first-order chi connectivity index (χ1) is 15.9. The Morgan fingerprint density at radius 3 is 2.56 bits per heavy atom. The van der Waals surface area contributed by atoms with Gasteiger partial charge in [-0.15, -0.1) is 0 Å². The van der Waals surface area contributed by atoms with Gasteiger partial charge in [0.05, 0.1) is 28.6 Å². The van der Waals surface area contributed by atoms with Gasteiger partial charge in [0.2, 0.25) is 5.91 Å². The highest BCUT2D eigenvalue weighted by atomic mass is 35.5. The third kappa shape index (κ3) is 6.51. The Morgan fingerprint density at radius 1 is 1.12 bits per heavy atom. The summed E-state index contributed by atoms with van der Waals surface area (Å²) in [5.41, 5.74) is 0.223. The minimum atomic E-state index is -3.59. The molecule has 0 atom stereocenters. The maximum Gasteiger partial charge on any atom is 0.229 e. The summed E-state index contributed by atoms with van der Waals surface area (Å²) in [4.78, 5) is 21.5. The molecule has 0 bridgehead atoms. The average molecular weight is 527 g/mol. The minimum absolute atomic E-state index is 0. The van der Waals surface area contributed by atoms with Crippen molar-refractivity contribution in [2.45, 2.75) is 17.7 Å². The molecule has 0 spiro atoms. The Hall–Kier alpha value is -2.11. The molecule has 1 amide bonds. The fourth-order valence-electron chi connectivity index (χ4n) is 3.73. The topological polar surface area (TPSA) is 79.8 Å². The number of morpholine rings is 1. The molecule has 0 unspecified atom stereocenters. The zero-order valence-electron chi connectivity index (χ0n) is 18.5. The molecule has 1 saturated heterocycles. The van der Waals surface area contributed by atoms with Crippen LogP contribution in [0.2, 0.25) is 0 Å². The highest BCUT2D eigenvalue weighted by Gasteiger charge is 2.24. The van der Waals surface area contributed by atoms with Gasteiger partial charge in [0.15, 0.2) is 15.0 Å². The molecule has 0 saturated carbocycles. The van der Waals surface area contributed by atoms with Crippen molar-refractivity contribution in [3.05, 3.63) is 54.3 Å². The molecule has 4 rings (SSSR count). The summed E-state index contributed by atoms with van der Waals surface area (Å²) in [7, 11) is -3.59. The number of aromatic nitrogens is 1. The number of anilines is 1. The molecule has 7 nitrogen and oxygen atoms in total. The molecule has 1 aliphatic heterocycles. The van der Waals surface area contributed by atoms with E-state index in [1.807, 2.05) is 0 Å². The summed E-state index contributed by atoms with van der Waals surface area (Å²) in [5.74, 6) is -1.08. The van der Waals surface area contributed by atoms with E-state index in [1.54, 1.807) is 30.3 Å². The van der Waals surface area contributed by atoms with Crippen LogP contribution in [0.15, 0.2) is 53.4 Å². The molecule has 2 aromatic carbocycles. The quantitative estimate of drug-likeness (QED) is 0.400. The van der Waals surface area contributed by atoms with E-state index < -0.39 is 15.7 Å². The second kappa shape index (κ2) is 12.0. The number of rotatable bonds is 9. The molecule has 1 aliphatic rings. The lowest BCUT2D eigenvalue weighted by Crippen LogP contribution is -3.00. The van der Waals surface area contributed by atoms with Crippen LogP contribution in [-0.2, 0) is 19.4 Å². The average Bonchev–Trinajstić information content (AvgIpc) is 3.27. The zero-order chi connectivity index (χ0) is 23.3. The van der Waals surface area contributed by atoms with Crippen LogP contribution >= 0.6 is 11.3 Å². The predicted molar refractivity (Wildman–Crippen MR) is 127 cm³/mol. The van der Waals surface area contributed by atoms with Gasteiger partial charge in [-0.05, 0) is 30.7 Å². The molecule has 1 aromatic heterocycles. The van der Waals surface area contributed by atoms with Gasteiger partial charge < -0.3 is 17.1 Å². The summed E-state index contributed by atoms with van der Waals surface area (Å²) >= 11 is 1.23. The Bertz CT molecular complexity index is 1200. The first-order valence-electron chi connectivity index (χ1n) is 10.9. The number of fused-ring (bicyclic) bond motifs is 1. The first kappa shape index (κ1) is 26.5. The fourth-order valence-corrected chi connectivity index (χ4v) is 6.00. The van der Waals surface area contributed by atoms with Crippen LogP contribution in [0, 0.1) is 5.82 Å². The van der Waals surface area contributed by atoms with Crippen LogP contribution in [0.5, 0.6) is 0 Å². The minimum Gasteiger partial charge on any atom is -1.00 e. The van der Waals surface area contributed by atoms with E-state index in [0.717, 1.165) is 19.6 Å². The number of carbonyl (C=O) groups is 1. The zero-order valence-corrected chi connectivity index (χ0v) is 20.9. The van der Waals surface area contributed by atoms with E-state index in [2.05, 4.69) is 9.88 Å². The second-order valence-electron chi connectivity index (χ2n) is 7.82. The summed E-state index contributed by atoms with van der Waals surface area (Å²) in [5, 5.41) is 0.388.